The molecule has 0 spiro atoms. The Labute approximate surface area is 132 Å². The number of nitrogens with one attached hydrogen (secondary N) is 1. The van der Waals surface area contributed by atoms with Crippen LogP contribution in [-0.2, 0) is 14.6 Å². The molecule has 120 valence electrons. The van der Waals surface area contributed by atoms with Crippen LogP contribution in [0.3, 0.4) is 0 Å². The topological polar surface area (TPSA) is 63.2 Å². The summed E-state index contributed by atoms with van der Waals surface area (Å²) in [6.45, 7) is 6.10. The number of rotatable bonds is 4. The molecule has 22 heavy (non-hydrogen) atoms. The van der Waals surface area contributed by atoms with Gasteiger partial charge in [0.25, 0.3) is 0 Å². The second-order valence-electron chi connectivity index (χ2n) is 6.23. The summed E-state index contributed by atoms with van der Waals surface area (Å²) in [6.07, 6.45) is 2.10. The van der Waals surface area contributed by atoms with Crippen LogP contribution in [0.1, 0.15) is 31.4 Å². The normalized spacial score (nSPS) is 21.1. The number of benzene rings is 1. The molecule has 4 nitrogen and oxygen atoms in total. The minimum atomic E-state index is -2.98. The highest BCUT2D eigenvalue weighted by Gasteiger charge is 2.28. The molecule has 1 unspecified atom stereocenters. The molecular formula is C17H23NO3S. The molecule has 2 rings (SSSR count). The van der Waals surface area contributed by atoms with Crippen LogP contribution in [0.4, 0.5) is 0 Å². The Morgan fingerprint density at radius 3 is 2.41 bits per heavy atom. The van der Waals surface area contributed by atoms with Crippen molar-refractivity contribution in [3.63, 3.8) is 0 Å². The lowest BCUT2D eigenvalue weighted by atomic mass is 9.94. The highest BCUT2D eigenvalue weighted by atomic mass is 32.2. The predicted octanol–water partition coefficient (Wildman–Crippen LogP) is 2.34. The molecular weight excluding hydrogens is 298 g/mol. The number of allylic oxidation sites excluding steroid dienone is 1. The summed E-state index contributed by atoms with van der Waals surface area (Å²) in [5.41, 5.74) is 3.15. The first-order valence-corrected chi connectivity index (χ1v) is 9.38. The molecule has 1 aromatic carbocycles. The van der Waals surface area contributed by atoms with Gasteiger partial charge in [-0.3, -0.25) is 4.79 Å². The SMILES string of the molecule is Cc1ccc(/C(=C/C(=O)NC2CCS(=O)(=O)C2)C(C)C)cc1. The number of aryl methyl sites for hydroxylation is 1. The Kier molecular flexibility index (Phi) is 5.06. The molecule has 0 aromatic heterocycles. The number of carbonyl (C=O) groups is 1. The van der Waals surface area contributed by atoms with E-state index in [1.54, 1.807) is 6.08 Å². The van der Waals surface area contributed by atoms with Crippen LogP contribution in [0.15, 0.2) is 30.3 Å². The Morgan fingerprint density at radius 2 is 1.91 bits per heavy atom. The van der Waals surface area contributed by atoms with Crippen LogP contribution in [-0.4, -0.2) is 31.9 Å². The minimum Gasteiger partial charge on any atom is -0.349 e. The molecule has 1 aliphatic rings. The monoisotopic (exact) mass is 321 g/mol. The van der Waals surface area contributed by atoms with Crippen LogP contribution in [0.2, 0.25) is 0 Å². The Morgan fingerprint density at radius 1 is 1.27 bits per heavy atom. The zero-order valence-corrected chi connectivity index (χ0v) is 14.1. The highest BCUT2D eigenvalue weighted by molar-refractivity contribution is 7.91. The van der Waals surface area contributed by atoms with Gasteiger partial charge in [0.1, 0.15) is 0 Å². The number of amides is 1. The van der Waals surface area contributed by atoms with Crippen molar-refractivity contribution in [2.75, 3.05) is 11.5 Å². The molecule has 1 N–H and O–H groups in total. The van der Waals surface area contributed by atoms with Gasteiger partial charge in [0.05, 0.1) is 11.5 Å². The lowest BCUT2D eigenvalue weighted by molar-refractivity contribution is -0.117. The summed E-state index contributed by atoms with van der Waals surface area (Å²) in [5, 5.41) is 2.81. The maximum absolute atomic E-state index is 12.2. The third-order valence-corrected chi connectivity index (χ3v) is 5.64. The third kappa shape index (κ3) is 4.44. The summed E-state index contributed by atoms with van der Waals surface area (Å²) in [4.78, 5) is 12.2. The Balaban J connectivity index is 2.13. The van der Waals surface area contributed by atoms with E-state index in [1.807, 2.05) is 45.0 Å². The summed E-state index contributed by atoms with van der Waals surface area (Å²) < 4.78 is 22.9. The van der Waals surface area contributed by atoms with Gasteiger partial charge in [-0.2, -0.15) is 0 Å². The average Bonchev–Trinajstić information content (AvgIpc) is 2.76. The molecule has 0 radical (unpaired) electrons. The summed E-state index contributed by atoms with van der Waals surface area (Å²) in [6, 6.07) is 7.79. The maximum Gasteiger partial charge on any atom is 0.244 e. The van der Waals surface area contributed by atoms with Crippen LogP contribution in [0.5, 0.6) is 0 Å². The maximum atomic E-state index is 12.2. The zero-order chi connectivity index (χ0) is 16.3. The number of hydrogen-bond acceptors (Lipinski definition) is 3. The van der Waals surface area contributed by atoms with Gasteiger partial charge in [0, 0.05) is 12.1 Å². The Bertz CT molecular complexity index is 672. The van der Waals surface area contributed by atoms with E-state index in [9.17, 15) is 13.2 Å². The third-order valence-electron chi connectivity index (χ3n) is 3.87. The zero-order valence-electron chi connectivity index (χ0n) is 13.3. The van der Waals surface area contributed by atoms with Crippen molar-refractivity contribution in [3.05, 3.63) is 41.5 Å². The number of carbonyl (C=O) groups excluding carboxylic acids is 1. The molecule has 1 fully saturated rings. The number of hydrogen-bond donors (Lipinski definition) is 1. The molecule has 1 heterocycles. The first-order chi connectivity index (χ1) is 10.3. The van der Waals surface area contributed by atoms with Gasteiger partial charge < -0.3 is 5.32 Å². The van der Waals surface area contributed by atoms with E-state index in [1.165, 1.54) is 5.56 Å². The largest absolute Gasteiger partial charge is 0.349 e. The van der Waals surface area contributed by atoms with Gasteiger partial charge in [0.15, 0.2) is 9.84 Å². The van der Waals surface area contributed by atoms with Crippen molar-refractivity contribution >= 4 is 21.3 Å². The molecule has 1 atom stereocenters. The van der Waals surface area contributed by atoms with Gasteiger partial charge in [-0.1, -0.05) is 43.7 Å². The van der Waals surface area contributed by atoms with E-state index < -0.39 is 9.84 Å². The molecule has 5 heteroatoms. The average molecular weight is 321 g/mol. The van der Waals surface area contributed by atoms with E-state index >= 15 is 0 Å². The van der Waals surface area contributed by atoms with Crippen LogP contribution < -0.4 is 5.32 Å². The summed E-state index contributed by atoms with van der Waals surface area (Å²) in [7, 11) is -2.98. The fraction of sp³-hybridized carbons (Fsp3) is 0.471. The van der Waals surface area contributed by atoms with E-state index in [0.29, 0.717) is 6.42 Å². The fourth-order valence-electron chi connectivity index (χ4n) is 2.62. The first kappa shape index (κ1) is 16.7. The van der Waals surface area contributed by atoms with Gasteiger partial charge in [0.2, 0.25) is 5.91 Å². The second-order valence-corrected chi connectivity index (χ2v) is 8.46. The summed E-state index contributed by atoms with van der Waals surface area (Å²) in [5.74, 6) is 0.206. The first-order valence-electron chi connectivity index (χ1n) is 7.56. The molecule has 0 saturated carbocycles. The quantitative estimate of drug-likeness (QED) is 0.866. The van der Waals surface area contributed by atoms with Gasteiger partial charge in [-0.25, -0.2) is 8.42 Å². The van der Waals surface area contributed by atoms with Crippen molar-refractivity contribution in [1.29, 1.82) is 0 Å². The van der Waals surface area contributed by atoms with Crippen molar-refractivity contribution < 1.29 is 13.2 Å². The van der Waals surface area contributed by atoms with Crippen molar-refractivity contribution in [1.82, 2.24) is 5.32 Å². The summed E-state index contributed by atoms with van der Waals surface area (Å²) >= 11 is 0. The standard InChI is InChI=1S/C17H23NO3S/c1-12(2)16(14-6-4-13(3)5-7-14)10-17(19)18-15-8-9-22(20,21)11-15/h4-7,10,12,15H,8-9,11H2,1-3H3,(H,18,19)/b16-10+. The van der Waals surface area contributed by atoms with Gasteiger partial charge in [-0.15, -0.1) is 0 Å². The molecule has 1 aromatic rings. The minimum absolute atomic E-state index is 0.0497. The smallest absolute Gasteiger partial charge is 0.244 e. The van der Waals surface area contributed by atoms with E-state index in [4.69, 9.17) is 0 Å². The molecule has 1 saturated heterocycles. The van der Waals surface area contributed by atoms with Crippen molar-refractivity contribution in [3.8, 4) is 0 Å². The van der Waals surface area contributed by atoms with Gasteiger partial charge in [-0.05, 0) is 30.4 Å². The highest BCUT2D eigenvalue weighted by Crippen LogP contribution is 2.23. The van der Waals surface area contributed by atoms with Crippen LogP contribution in [0, 0.1) is 12.8 Å². The second kappa shape index (κ2) is 6.65. The lowest BCUT2D eigenvalue weighted by Crippen LogP contribution is -2.34. The molecule has 0 bridgehead atoms. The van der Waals surface area contributed by atoms with Crippen LogP contribution in [0.25, 0.3) is 5.57 Å². The predicted molar refractivity (Wildman–Crippen MR) is 89.2 cm³/mol. The fourth-order valence-corrected chi connectivity index (χ4v) is 4.30. The van der Waals surface area contributed by atoms with E-state index in [-0.39, 0.29) is 29.4 Å². The Hall–Kier alpha value is -1.62. The number of sulfone groups is 1. The molecule has 1 aliphatic heterocycles. The van der Waals surface area contributed by atoms with E-state index in [0.717, 1.165) is 11.1 Å². The van der Waals surface area contributed by atoms with Crippen LogP contribution >= 0.6 is 0 Å². The molecule has 1 amide bonds. The van der Waals surface area contributed by atoms with E-state index in [2.05, 4.69) is 5.32 Å². The van der Waals surface area contributed by atoms with Crippen molar-refractivity contribution in [2.24, 2.45) is 5.92 Å². The molecule has 0 aliphatic carbocycles. The van der Waals surface area contributed by atoms with Gasteiger partial charge >= 0.3 is 0 Å². The van der Waals surface area contributed by atoms with Crippen molar-refractivity contribution in [2.45, 2.75) is 33.2 Å². The lowest BCUT2D eigenvalue weighted by Gasteiger charge is -2.14.